The fourth-order valence-electron chi connectivity index (χ4n) is 1.78. The van der Waals surface area contributed by atoms with E-state index in [-0.39, 0.29) is 11.1 Å². The molecule has 0 aliphatic rings. The fraction of sp³-hybridized carbons (Fsp3) is 0.765. The molecule has 0 aliphatic heterocycles. The molecule has 0 aromatic heterocycles. The van der Waals surface area contributed by atoms with Gasteiger partial charge in [-0.2, -0.15) is 0 Å². The molecule has 112 valence electrons. The Morgan fingerprint density at radius 2 is 1.79 bits per heavy atom. The zero-order valence-corrected chi connectivity index (χ0v) is 15.4. The second-order valence-electron chi connectivity index (χ2n) is 7.24. The number of hydrogen-bond donors (Lipinski definition) is 0. The lowest BCUT2D eigenvalue weighted by Gasteiger charge is -2.39. The van der Waals surface area contributed by atoms with E-state index in [1.807, 2.05) is 6.92 Å². The largest absolute Gasteiger partial charge is 0.410 e. The Morgan fingerprint density at radius 3 is 2.16 bits per heavy atom. The standard InChI is InChI=1S/C17H34OSi/c1-10-11-12-16(15(4)13-14(2)3)18-19(8,9)17(5,6)7/h13,16H,2,10-12H2,1,3-9H3/b15-13+. The lowest BCUT2D eigenvalue weighted by atomic mass is 10.0. The molecule has 0 aromatic carbocycles. The van der Waals surface area contributed by atoms with Gasteiger partial charge >= 0.3 is 0 Å². The maximum absolute atomic E-state index is 6.60. The summed E-state index contributed by atoms with van der Waals surface area (Å²) in [5, 5.41) is 0.265. The predicted molar refractivity (Wildman–Crippen MR) is 90.2 cm³/mol. The lowest BCUT2D eigenvalue weighted by Crippen LogP contribution is -2.44. The van der Waals surface area contributed by atoms with Crippen LogP contribution in [0.4, 0.5) is 0 Å². The van der Waals surface area contributed by atoms with Gasteiger partial charge in [0.2, 0.25) is 0 Å². The van der Waals surface area contributed by atoms with Gasteiger partial charge < -0.3 is 4.43 Å². The fourth-order valence-corrected chi connectivity index (χ4v) is 3.15. The first-order valence-corrected chi connectivity index (χ1v) is 10.4. The second kappa shape index (κ2) is 7.44. The van der Waals surface area contributed by atoms with Gasteiger partial charge in [0.1, 0.15) is 0 Å². The van der Waals surface area contributed by atoms with Gasteiger partial charge in [0.25, 0.3) is 0 Å². The summed E-state index contributed by atoms with van der Waals surface area (Å²) in [5.74, 6) is 0. The zero-order chi connectivity index (χ0) is 15.3. The highest BCUT2D eigenvalue weighted by molar-refractivity contribution is 6.74. The molecular weight excluding hydrogens is 248 g/mol. The van der Waals surface area contributed by atoms with Crippen LogP contribution >= 0.6 is 0 Å². The van der Waals surface area contributed by atoms with E-state index in [0.29, 0.717) is 0 Å². The minimum atomic E-state index is -1.70. The van der Waals surface area contributed by atoms with Crippen LogP contribution in [0.15, 0.2) is 23.8 Å². The Bertz CT molecular complexity index is 321. The zero-order valence-electron chi connectivity index (χ0n) is 14.4. The summed E-state index contributed by atoms with van der Waals surface area (Å²) in [7, 11) is -1.70. The second-order valence-corrected chi connectivity index (χ2v) is 12.0. The van der Waals surface area contributed by atoms with Crippen molar-refractivity contribution in [3.05, 3.63) is 23.8 Å². The number of unbranched alkanes of at least 4 members (excludes halogenated alkanes) is 1. The summed E-state index contributed by atoms with van der Waals surface area (Å²) >= 11 is 0. The van der Waals surface area contributed by atoms with E-state index in [0.717, 1.165) is 12.0 Å². The molecule has 0 bridgehead atoms. The monoisotopic (exact) mass is 282 g/mol. The number of hydrogen-bond acceptors (Lipinski definition) is 1. The molecule has 0 rings (SSSR count). The molecule has 1 unspecified atom stereocenters. The van der Waals surface area contributed by atoms with Crippen molar-refractivity contribution in [1.82, 2.24) is 0 Å². The van der Waals surface area contributed by atoms with E-state index in [2.05, 4.69) is 60.4 Å². The van der Waals surface area contributed by atoms with Crippen LogP contribution in [0.25, 0.3) is 0 Å². The molecule has 0 saturated heterocycles. The predicted octanol–water partition coefficient (Wildman–Crippen LogP) is 6.09. The third-order valence-corrected chi connectivity index (χ3v) is 8.53. The van der Waals surface area contributed by atoms with Crippen LogP contribution in [0.5, 0.6) is 0 Å². The minimum Gasteiger partial charge on any atom is -0.410 e. The van der Waals surface area contributed by atoms with Crippen molar-refractivity contribution >= 4 is 8.32 Å². The number of allylic oxidation sites excluding steroid dienone is 2. The van der Waals surface area contributed by atoms with Gasteiger partial charge in [-0.1, -0.05) is 58.8 Å². The normalized spacial score (nSPS) is 15.5. The van der Waals surface area contributed by atoms with Crippen molar-refractivity contribution in [3.8, 4) is 0 Å². The van der Waals surface area contributed by atoms with Gasteiger partial charge in [-0.25, -0.2) is 0 Å². The van der Waals surface area contributed by atoms with Gasteiger partial charge in [0.15, 0.2) is 8.32 Å². The molecule has 0 N–H and O–H groups in total. The lowest BCUT2D eigenvalue weighted by molar-refractivity contribution is 0.200. The number of rotatable bonds is 7. The molecule has 1 atom stereocenters. The van der Waals surface area contributed by atoms with Crippen molar-refractivity contribution in [3.63, 3.8) is 0 Å². The van der Waals surface area contributed by atoms with Crippen molar-refractivity contribution in [2.24, 2.45) is 0 Å². The Morgan fingerprint density at radius 1 is 1.26 bits per heavy atom. The van der Waals surface area contributed by atoms with E-state index in [4.69, 9.17) is 4.43 Å². The Kier molecular flexibility index (Phi) is 7.31. The summed E-state index contributed by atoms with van der Waals surface area (Å²) in [6.07, 6.45) is 6.00. The van der Waals surface area contributed by atoms with Crippen LogP contribution in [0, 0.1) is 0 Å². The molecule has 0 aliphatic carbocycles. The maximum Gasteiger partial charge on any atom is 0.192 e. The molecule has 0 spiro atoms. The summed E-state index contributed by atoms with van der Waals surface area (Å²) in [6.45, 7) is 22.0. The molecular formula is C17H34OSi. The highest BCUT2D eigenvalue weighted by atomic mass is 28.4. The Labute approximate surface area is 122 Å². The highest BCUT2D eigenvalue weighted by Crippen LogP contribution is 2.38. The molecule has 0 radical (unpaired) electrons. The van der Waals surface area contributed by atoms with E-state index in [1.54, 1.807) is 0 Å². The Hall–Kier alpha value is -0.343. The van der Waals surface area contributed by atoms with Gasteiger partial charge in [0.05, 0.1) is 6.10 Å². The van der Waals surface area contributed by atoms with Crippen molar-refractivity contribution in [1.29, 1.82) is 0 Å². The first kappa shape index (κ1) is 18.7. The molecule has 0 aromatic rings. The first-order valence-electron chi connectivity index (χ1n) is 7.52. The third-order valence-electron chi connectivity index (χ3n) is 4.04. The van der Waals surface area contributed by atoms with E-state index in [9.17, 15) is 0 Å². The van der Waals surface area contributed by atoms with E-state index in [1.165, 1.54) is 18.4 Å². The van der Waals surface area contributed by atoms with Gasteiger partial charge in [-0.3, -0.25) is 0 Å². The van der Waals surface area contributed by atoms with Gasteiger partial charge in [0, 0.05) is 0 Å². The molecule has 0 amide bonds. The average molecular weight is 283 g/mol. The van der Waals surface area contributed by atoms with Gasteiger partial charge in [-0.15, -0.1) is 0 Å². The maximum atomic E-state index is 6.60. The quantitative estimate of drug-likeness (QED) is 0.405. The molecule has 19 heavy (non-hydrogen) atoms. The topological polar surface area (TPSA) is 9.23 Å². The minimum absolute atomic E-state index is 0.262. The average Bonchev–Trinajstić information content (AvgIpc) is 2.21. The molecule has 1 nitrogen and oxygen atoms in total. The molecule has 0 saturated carbocycles. The smallest absolute Gasteiger partial charge is 0.192 e. The summed E-state index contributed by atoms with van der Waals surface area (Å²) in [6, 6.07) is 0. The Balaban J connectivity index is 5.02. The summed E-state index contributed by atoms with van der Waals surface area (Å²) in [5.41, 5.74) is 2.43. The van der Waals surface area contributed by atoms with Crippen LogP contribution in [0.3, 0.4) is 0 Å². The van der Waals surface area contributed by atoms with E-state index < -0.39 is 8.32 Å². The highest BCUT2D eigenvalue weighted by Gasteiger charge is 2.39. The van der Waals surface area contributed by atoms with Gasteiger partial charge in [-0.05, 0) is 44.0 Å². The van der Waals surface area contributed by atoms with Crippen LogP contribution < -0.4 is 0 Å². The van der Waals surface area contributed by atoms with Crippen molar-refractivity contribution in [2.45, 2.75) is 85.0 Å². The first-order chi connectivity index (χ1) is 8.51. The van der Waals surface area contributed by atoms with Crippen LogP contribution in [-0.2, 0) is 4.43 Å². The van der Waals surface area contributed by atoms with E-state index >= 15 is 0 Å². The van der Waals surface area contributed by atoms with Crippen LogP contribution in [0.1, 0.15) is 60.8 Å². The van der Waals surface area contributed by atoms with Crippen molar-refractivity contribution in [2.75, 3.05) is 0 Å². The summed E-state index contributed by atoms with van der Waals surface area (Å²) < 4.78 is 6.60. The third kappa shape index (κ3) is 6.58. The van der Waals surface area contributed by atoms with Crippen LogP contribution in [0.2, 0.25) is 18.1 Å². The SMILES string of the molecule is C=C(C)/C=C(\C)C(CCCC)O[Si](C)(C)C(C)(C)C. The molecule has 0 fully saturated rings. The summed E-state index contributed by atoms with van der Waals surface area (Å²) in [4.78, 5) is 0. The van der Waals surface area contributed by atoms with Crippen LogP contribution in [-0.4, -0.2) is 14.4 Å². The molecule has 2 heteroatoms. The molecule has 0 heterocycles. The van der Waals surface area contributed by atoms with Crippen molar-refractivity contribution < 1.29 is 4.43 Å².